The molecule has 0 aliphatic carbocycles. The summed E-state index contributed by atoms with van der Waals surface area (Å²) in [6, 6.07) is 22.8. The van der Waals surface area contributed by atoms with Gasteiger partial charge in [-0.15, -0.1) is 0 Å². The van der Waals surface area contributed by atoms with Crippen molar-refractivity contribution in [3.63, 3.8) is 0 Å². The van der Waals surface area contributed by atoms with Gasteiger partial charge in [0.1, 0.15) is 29.8 Å². The van der Waals surface area contributed by atoms with Gasteiger partial charge in [0, 0.05) is 47.6 Å². The first-order valence-electron chi connectivity index (χ1n) is 18.0. The number of benzene rings is 3. The van der Waals surface area contributed by atoms with Crippen LogP contribution in [0.25, 0.3) is 11.4 Å². The van der Waals surface area contributed by atoms with E-state index in [9.17, 15) is 19.8 Å². The van der Waals surface area contributed by atoms with Crippen molar-refractivity contribution in [1.82, 2.24) is 24.1 Å². The average molecular weight is 793 g/mol. The van der Waals surface area contributed by atoms with Crippen LogP contribution in [-0.2, 0) is 6.54 Å². The Morgan fingerprint density at radius 1 is 0.857 bits per heavy atom. The van der Waals surface area contributed by atoms with Gasteiger partial charge >= 0.3 is 0 Å². The summed E-state index contributed by atoms with van der Waals surface area (Å²) in [5.41, 5.74) is 0.730. The molecule has 288 valence electrons. The van der Waals surface area contributed by atoms with E-state index in [0.717, 1.165) is 36.9 Å². The molecule has 13 nitrogen and oxygen atoms in total. The Kier molecular flexibility index (Phi) is 11.2. The molecule has 15 heteroatoms. The van der Waals surface area contributed by atoms with Crippen LogP contribution in [0.3, 0.4) is 0 Å². The molecular formula is C41H40N6O7S2. The number of aromatic nitrogens is 5. The SMILES string of the molecule is COc1cccc(-n2c([O-])c(C(c3ccc(OC)c(C[NH+]4CCCCC4c4cccnc4)c3)c3c(O)n(-c4cccc(OC)c4)c(=S)[nH]c3=O)c(=O)[nH]c2=S)c1. The predicted octanol–water partition coefficient (Wildman–Crippen LogP) is 4.79. The van der Waals surface area contributed by atoms with Gasteiger partial charge < -0.3 is 33.9 Å². The van der Waals surface area contributed by atoms with Gasteiger partial charge in [-0.25, -0.2) is 0 Å². The minimum Gasteiger partial charge on any atom is -0.859 e. The summed E-state index contributed by atoms with van der Waals surface area (Å²) < 4.78 is 18.8. The number of aromatic amines is 2. The van der Waals surface area contributed by atoms with Gasteiger partial charge in [-0.3, -0.25) is 29.1 Å². The molecule has 3 atom stereocenters. The Morgan fingerprint density at radius 2 is 1.52 bits per heavy atom. The second-order valence-electron chi connectivity index (χ2n) is 13.5. The van der Waals surface area contributed by atoms with Gasteiger partial charge in [0.15, 0.2) is 9.54 Å². The Labute approximate surface area is 332 Å². The number of methoxy groups -OCH3 is 3. The molecule has 7 rings (SSSR count). The third kappa shape index (κ3) is 7.35. The van der Waals surface area contributed by atoms with E-state index in [1.54, 1.807) is 74.0 Å². The lowest BCUT2D eigenvalue weighted by Gasteiger charge is -2.33. The predicted molar refractivity (Wildman–Crippen MR) is 213 cm³/mol. The second-order valence-corrected chi connectivity index (χ2v) is 14.2. The van der Waals surface area contributed by atoms with Gasteiger partial charge in [-0.2, -0.15) is 0 Å². The van der Waals surface area contributed by atoms with Crippen LogP contribution in [0.4, 0.5) is 0 Å². The fourth-order valence-corrected chi connectivity index (χ4v) is 8.24. The number of ether oxygens (including phenoxy) is 3. The molecule has 3 aromatic heterocycles. The number of pyridine rings is 1. The molecule has 1 saturated heterocycles. The summed E-state index contributed by atoms with van der Waals surface area (Å²) >= 11 is 11.1. The van der Waals surface area contributed by atoms with Crippen molar-refractivity contribution in [3.05, 3.63) is 149 Å². The maximum absolute atomic E-state index is 14.8. The number of piperidine rings is 1. The minimum atomic E-state index is -1.43. The van der Waals surface area contributed by atoms with Crippen molar-refractivity contribution in [2.24, 2.45) is 0 Å². The van der Waals surface area contributed by atoms with Crippen molar-refractivity contribution in [3.8, 4) is 40.4 Å². The summed E-state index contributed by atoms with van der Waals surface area (Å²) in [5.74, 6) is -1.28. The van der Waals surface area contributed by atoms with Crippen LogP contribution in [-0.4, -0.2) is 57.1 Å². The van der Waals surface area contributed by atoms with E-state index in [-0.39, 0.29) is 26.7 Å². The zero-order valence-electron chi connectivity index (χ0n) is 30.9. The van der Waals surface area contributed by atoms with Crippen LogP contribution in [0, 0.1) is 9.54 Å². The van der Waals surface area contributed by atoms with Crippen molar-refractivity contribution >= 4 is 24.4 Å². The Bertz CT molecular complexity index is 2510. The van der Waals surface area contributed by atoms with E-state index >= 15 is 0 Å². The summed E-state index contributed by atoms with van der Waals surface area (Å²) in [4.78, 5) is 39.4. The number of H-pyrrole nitrogens is 2. The molecule has 3 unspecified atom stereocenters. The highest BCUT2D eigenvalue weighted by Crippen LogP contribution is 2.39. The first-order valence-corrected chi connectivity index (χ1v) is 18.8. The van der Waals surface area contributed by atoms with Crippen LogP contribution in [0.5, 0.6) is 29.0 Å². The highest BCUT2D eigenvalue weighted by molar-refractivity contribution is 7.71. The average Bonchev–Trinajstić information content (AvgIpc) is 3.20. The molecule has 56 heavy (non-hydrogen) atoms. The van der Waals surface area contributed by atoms with Crippen LogP contribution < -0.4 is 35.3 Å². The number of rotatable bonds is 11. The molecule has 0 spiro atoms. The normalized spacial score (nSPS) is 15.9. The van der Waals surface area contributed by atoms with Crippen LogP contribution in [0.2, 0.25) is 0 Å². The largest absolute Gasteiger partial charge is 0.859 e. The minimum absolute atomic E-state index is 0.113. The Morgan fingerprint density at radius 3 is 2.16 bits per heavy atom. The van der Waals surface area contributed by atoms with Gasteiger partial charge in [-0.1, -0.05) is 24.3 Å². The lowest BCUT2D eigenvalue weighted by molar-refractivity contribution is -0.950. The van der Waals surface area contributed by atoms with Crippen molar-refractivity contribution < 1.29 is 29.3 Å². The number of nitrogens with zero attached hydrogens (tertiary/aromatic N) is 3. The molecular weight excluding hydrogens is 753 g/mol. The standard InChI is InChI=1S/C41H40N6O7S2/c1-52-29-12-6-10-27(20-29)46-38(50)34(36(48)43-40(46)55)33(35-37(49)44-41(56)47(39(35)51)28-11-7-13-30(21-28)53-2)24-15-16-32(54-3)26(19-24)23-45-18-5-4-14-31(45)25-9-8-17-42-22-25/h6-13,15-17,19-22,31,33,50-51H,4-5,14,18,23H2,1-3H3,(H,43,48,55)(H,44,49,56). The number of quaternary nitrogens is 1. The number of hydrogen-bond donors (Lipinski definition) is 4. The third-order valence-electron chi connectivity index (χ3n) is 10.3. The zero-order valence-corrected chi connectivity index (χ0v) is 32.5. The highest BCUT2D eigenvalue weighted by Gasteiger charge is 2.33. The molecule has 0 amide bonds. The van der Waals surface area contributed by atoms with E-state index in [0.29, 0.717) is 40.7 Å². The molecule has 4 heterocycles. The van der Waals surface area contributed by atoms with Gasteiger partial charge in [-0.05, 0) is 91.2 Å². The fourth-order valence-electron chi connectivity index (χ4n) is 7.67. The number of likely N-dealkylation sites (tertiary alicyclic amines) is 1. The summed E-state index contributed by atoms with van der Waals surface area (Å²) in [5, 5.41) is 27.0. The maximum atomic E-state index is 14.8. The molecule has 1 aliphatic rings. The number of nitrogens with one attached hydrogen (secondary N) is 3. The van der Waals surface area contributed by atoms with Crippen LogP contribution in [0.15, 0.2) is 101 Å². The van der Waals surface area contributed by atoms with E-state index < -0.39 is 28.8 Å². The first-order chi connectivity index (χ1) is 27.1. The molecule has 1 aliphatic heterocycles. The lowest BCUT2D eigenvalue weighted by Crippen LogP contribution is -3.11. The molecule has 0 bridgehead atoms. The van der Waals surface area contributed by atoms with Crippen LogP contribution >= 0.6 is 24.4 Å². The summed E-state index contributed by atoms with van der Waals surface area (Å²) in [6.07, 6.45) is 6.74. The molecule has 0 saturated carbocycles. The zero-order chi connectivity index (χ0) is 39.5. The Balaban J connectivity index is 1.48. The number of hydrogen-bond acceptors (Lipinski definition) is 10. The molecule has 6 aromatic rings. The smallest absolute Gasteiger partial charge is 0.259 e. The first kappa shape index (κ1) is 38.3. The van der Waals surface area contributed by atoms with E-state index in [1.165, 1.54) is 28.3 Å². The summed E-state index contributed by atoms with van der Waals surface area (Å²) in [7, 11) is 4.57. The van der Waals surface area contributed by atoms with Gasteiger partial charge in [0.05, 0.1) is 50.7 Å². The van der Waals surface area contributed by atoms with Crippen molar-refractivity contribution in [2.75, 3.05) is 27.9 Å². The Hall–Kier alpha value is -6.03. The molecule has 0 radical (unpaired) electrons. The number of aromatic hydroxyl groups is 1. The molecule has 4 N–H and O–H groups in total. The topological polar surface area (TPSA) is 164 Å². The van der Waals surface area contributed by atoms with E-state index in [1.807, 2.05) is 18.3 Å². The molecule has 3 aromatic carbocycles. The van der Waals surface area contributed by atoms with Crippen molar-refractivity contribution in [1.29, 1.82) is 0 Å². The monoisotopic (exact) mass is 792 g/mol. The fraction of sp³-hybridized carbons (Fsp3) is 0.244. The van der Waals surface area contributed by atoms with Crippen molar-refractivity contribution in [2.45, 2.75) is 37.8 Å². The maximum Gasteiger partial charge on any atom is 0.259 e. The van der Waals surface area contributed by atoms with Gasteiger partial charge in [0.2, 0.25) is 5.88 Å². The van der Waals surface area contributed by atoms with E-state index in [2.05, 4.69) is 21.0 Å². The van der Waals surface area contributed by atoms with E-state index in [4.69, 9.17) is 38.6 Å². The quantitative estimate of drug-likeness (QED) is 0.134. The highest BCUT2D eigenvalue weighted by atomic mass is 32.1. The third-order valence-corrected chi connectivity index (χ3v) is 10.9. The summed E-state index contributed by atoms with van der Waals surface area (Å²) in [6.45, 7) is 1.42. The lowest BCUT2D eigenvalue weighted by atomic mass is 9.85. The van der Waals surface area contributed by atoms with Gasteiger partial charge in [0.25, 0.3) is 11.1 Å². The second kappa shape index (κ2) is 16.4. The molecule has 1 fully saturated rings. The van der Waals surface area contributed by atoms with Crippen LogP contribution in [0.1, 0.15) is 59.0 Å².